The van der Waals surface area contributed by atoms with E-state index in [-0.39, 0.29) is 23.1 Å². The number of fused-ring (bicyclic) bond motifs is 1. The quantitative estimate of drug-likeness (QED) is 0.842. The van der Waals surface area contributed by atoms with Crippen LogP contribution in [-0.2, 0) is 4.79 Å². The van der Waals surface area contributed by atoms with E-state index in [1.54, 1.807) is 17.0 Å². The van der Waals surface area contributed by atoms with Gasteiger partial charge in [0, 0.05) is 24.2 Å². The minimum Gasteiger partial charge on any atom is -0.508 e. The number of rotatable bonds is 1. The Bertz CT molecular complexity index is 761. The van der Waals surface area contributed by atoms with Gasteiger partial charge in [-0.1, -0.05) is 0 Å². The first-order valence-electron chi connectivity index (χ1n) is 6.88. The highest BCUT2D eigenvalue weighted by Crippen LogP contribution is 2.34. The lowest BCUT2D eigenvalue weighted by atomic mass is 9.88. The molecule has 0 saturated carbocycles. The van der Waals surface area contributed by atoms with E-state index in [9.17, 15) is 14.7 Å². The molecule has 2 amide bonds. The molecule has 2 aromatic rings. The minimum atomic E-state index is -0.179. The Kier molecular flexibility index (Phi) is 2.53. The van der Waals surface area contributed by atoms with Crippen molar-refractivity contribution in [3.63, 3.8) is 0 Å². The highest BCUT2D eigenvalue weighted by molar-refractivity contribution is 7.20. The van der Waals surface area contributed by atoms with Crippen molar-refractivity contribution in [1.29, 1.82) is 0 Å². The van der Waals surface area contributed by atoms with E-state index in [0.717, 1.165) is 16.5 Å². The van der Waals surface area contributed by atoms with Crippen LogP contribution in [0, 0.1) is 0 Å². The summed E-state index contributed by atoms with van der Waals surface area (Å²) in [6.07, 6.45) is 1.38. The predicted molar refractivity (Wildman–Crippen MR) is 79.5 cm³/mol. The molecule has 0 bridgehead atoms. The van der Waals surface area contributed by atoms with E-state index in [4.69, 9.17) is 0 Å². The summed E-state index contributed by atoms with van der Waals surface area (Å²) in [5.41, 5.74) is -0.179. The molecule has 2 fully saturated rings. The van der Waals surface area contributed by atoms with E-state index in [2.05, 4.69) is 5.32 Å². The van der Waals surface area contributed by atoms with Crippen LogP contribution in [-0.4, -0.2) is 40.4 Å². The number of likely N-dealkylation sites (tertiary alicyclic amines) is 1. The average Bonchev–Trinajstić information content (AvgIpc) is 2.99. The number of nitrogens with one attached hydrogen (secondary N) is 1. The summed E-state index contributed by atoms with van der Waals surface area (Å²) in [6.45, 7) is 1.19. The van der Waals surface area contributed by atoms with Crippen molar-refractivity contribution in [3.05, 3.63) is 29.1 Å². The Morgan fingerprint density at radius 1 is 1.33 bits per heavy atom. The van der Waals surface area contributed by atoms with Gasteiger partial charge in [-0.3, -0.25) is 9.59 Å². The molecule has 0 aliphatic carbocycles. The van der Waals surface area contributed by atoms with Crippen molar-refractivity contribution in [2.24, 2.45) is 0 Å². The molecule has 0 atom stereocenters. The first-order chi connectivity index (χ1) is 10.0. The highest BCUT2D eigenvalue weighted by Gasteiger charge is 2.49. The Morgan fingerprint density at radius 3 is 2.86 bits per heavy atom. The van der Waals surface area contributed by atoms with Crippen molar-refractivity contribution in [1.82, 2.24) is 10.2 Å². The minimum absolute atomic E-state index is 0.00228. The number of benzene rings is 1. The van der Waals surface area contributed by atoms with Gasteiger partial charge in [0.1, 0.15) is 5.75 Å². The molecule has 21 heavy (non-hydrogen) atoms. The number of thiophene rings is 1. The molecule has 0 unspecified atom stereocenters. The molecule has 4 rings (SSSR count). The number of phenols is 1. The topological polar surface area (TPSA) is 69.6 Å². The maximum Gasteiger partial charge on any atom is 0.264 e. The summed E-state index contributed by atoms with van der Waals surface area (Å²) in [4.78, 5) is 26.2. The molecule has 6 heteroatoms. The lowest BCUT2D eigenvalue weighted by Gasteiger charge is -2.47. The van der Waals surface area contributed by atoms with Crippen LogP contribution in [0.25, 0.3) is 10.1 Å². The summed E-state index contributed by atoms with van der Waals surface area (Å²) in [5.74, 6) is 0.290. The van der Waals surface area contributed by atoms with E-state index >= 15 is 0 Å². The number of phenolic OH excluding ortho intramolecular Hbond substituents is 1. The van der Waals surface area contributed by atoms with Gasteiger partial charge >= 0.3 is 0 Å². The molecule has 1 aromatic heterocycles. The van der Waals surface area contributed by atoms with Crippen molar-refractivity contribution in [2.75, 3.05) is 13.1 Å². The van der Waals surface area contributed by atoms with E-state index in [1.165, 1.54) is 11.3 Å². The second kappa shape index (κ2) is 4.21. The Balaban J connectivity index is 1.53. The Labute approximate surface area is 125 Å². The number of hydrogen-bond donors (Lipinski definition) is 2. The molecule has 2 aliphatic rings. The van der Waals surface area contributed by atoms with Gasteiger partial charge in [-0.05, 0) is 36.1 Å². The maximum atomic E-state index is 12.5. The second-order valence-corrected chi connectivity index (χ2v) is 6.91. The van der Waals surface area contributed by atoms with Gasteiger partial charge in [-0.2, -0.15) is 0 Å². The zero-order valence-corrected chi connectivity index (χ0v) is 12.1. The molecule has 1 spiro atoms. The molecule has 5 nitrogen and oxygen atoms in total. The monoisotopic (exact) mass is 302 g/mol. The van der Waals surface area contributed by atoms with Crippen LogP contribution >= 0.6 is 11.3 Å². The normalized spacial score (nSPS) is 19.8. The van der Waals surface area contributed by atoms with Crippen molar-refractivity contribution in [3.8, 4) is 5.75 Å². The van der Waals surface area contributed by atoms with Crippen LogP contribution in [0.5, 0.6) is 5.75 Å². The molecule has 2 aliphatic heterocycles. The first-order valence-corrected chi connectivity index (χ1v) is 7.69. The van der Waals surface area contributed by atoms with Crippen LogP contribution in [0.1, 0.15) is 22.5 Å². The number of carbonyl (C=O) groups excluding carboxylic acids is 2. The van der Waals surface area contributed by atoms with Gasteiger partial charge in [0.15, 0.2) is 0 Å². The van der Waals surface area contributed by atoms with Gasteiger partial charge in [0.05, 0.1) is 10.4 Å². The fraction of sp³-hybridized carbons (Fsp3) is 0.333. The van der Waals surface area contributed by atoms with Gasteiger partial charge in [0.2, 0.25) is 5.91 Å². The Hall–Kier alpha value is -2.08. The van der Waals surface area contributed by atoms with Crippen LogP contribution in [0.3, 0.4) is 0 Å². The lowest BCUT2D eigenvalue weighted by molar-refractivity contribution is -0.120. The smallest absolute Gasteiger partial charge is 0.264 e. The molecular formula is C15H14N2O3S. The first kappa shape index (κ1) is 12.6. The summed E-state index contributed by atoms with van der Waals surface area (Å²) < 4.78 is 0.987. The van der Waals surface area contributed by atoms with Gasteiger partial charge in [0.25, 0.3) is 5.91 Å². The fourth-order valence-electron chi connectivity index (χ4n) is 3.13. The third-order valence-corrected chi connectivity index (χ3v) is 5.32. The molecular weight excluding hydrogens is 288 g/mol. The van der Waals surface area contributed by atoms with Gasteiger partial charge in [-0.15, -0.1) is 11.3 Å². The predicted octanol–water partition coefficient (Wildman–Crippen LogP) is 1.71. The van der Waals surface area contributed by atoms with E-state index in [0.29, 0.717) is 24.4 Å². The number of aromatic hydroxyl groups is 1. The van der Waals surface area contributed by atoms with E-state index in [1.807, 2.05) is 12.1 Å². The van der Waals surface area contributed by atoms with E-state index < -0.39 is 0 Å². The van der Waals surface area contributed by atoms with Crippen LogP contribution in [0.4, 0.5) is 0 Å². The highest BCUT2D eigenvalue weighted by atomic mass is 32.1. The number of carbonyl (C=O) groups is 2. The summed E-state index contributed by atoms with van der Waals surface area (Å²) >= 11 is 1.43. The number of nitrogens with zero attached hydrogens (tertiary/aromatic N) is 1. The van der Waals surface area contributed by atoms with Crippen LogP contribution in [0.15, 0.2) is 24.3 Å². The summed E-state index contributed by atoms with van der Waals surface area (Å²) in [7, 11) is 0. The average molecular weight is 302 g/mol. The van der Waals surface area contributed by atoms with Crippen molar-refractivity contribution >= 4 is 33.2 Å². The maximum absolute atomic E-state index is 12.5. The zero-order valence-electron chi connectivity index (χ0n) is 11.3. The molecule has 0 radical (unpaired) electrons. The molecule has 3 heterocycles. The molecule has 2 saturated heterocycles. The van der Waals surface area contributed by atoms with Gasteiger partial charge in [-0.25, -0.2) is 0 Å². The van der Waals surface area contributed by atoms with Crippen molar-refractivity contribution in [2.45, 2.75) is 18.4 Å². The third-order valence-electron chi connectivity index (χ3n) is 4.22. The zero-order chi connectivity index (χ0) is 14.6. The lowest BCUT2D eigenvalue weighted by Crippen LogP contribution is -2.68. The molecule has 2 N–H and O–H groups in total. The fourth-order valence-corrected chi connectivity index (χ4v) is 4.14. The third kappa shape index (κ3) is 1.98. The second-order valence-electron chi connectivity index (χ2n) is 5.82. The molecule has 108 valence electrons. The van der Waals surface area contributed by atoms with Crippen LogP contribution in [0.2, 0.25) is 0 Å². The Morgan fingerprint density at radius 2 is 2.14 bits per heavy atom. The van der Waals surface area contributed by atoms with Crippen LogP contribution < -0.4 is 5.32 Å². The van der Waals surface area contributed by atoms with Gasteiger partial charge < -0.3 is 15.3 Å². The molecule has 1 aromatic carbocycles. The SMILES string of the molecule is O=C1CCC2(CN(C(=O)c3cc4cc(O)ccc4s3)C2)N1. The largest absolute Gasteiger partial charge is 0.508 e. The number of amides is 2. The summed E-state index contributed by atoms with van der Waals surface area (Å²) in [5, 5.41) is 13.3. The standard InChI is InChI=1S/C15H14N2O3S/c18-10-1-2-11-9(5-10)6-12(21-11)14(20)17-7-15(8-17)4-3-13(19)16-15/h1-2,5-6,18H,3-4,7-8H2,(H,16,19). The summed E-state index contributed by atoms with van der Waals surface area (Å²) in [6, 6.07) is 6.93. The number of hydrogen-bond acceptors (Lipinski definition) is 4. The van der Waals surface area contributed by atoms with Crippen molar-refractivity contribution < 1.29 is 14.7 Å².